The molecule has 1 aliphatic carbocycles. The van der Waals surface area contributed by atoms with E-state index in [1.165, 1.54) is 22.6 Å². The zero-order valence-corrected chi connectivity index (χ0v) is 12.0. The Kier molecular flexibility index (Phi) is 4.92. The third-order valence-corrected chi connectivity index (χ3v) is 5.45. The number of hydrazine groups is 1. The predicted octanol–water partition coefficient (Wildman–Crippen LogP) is 0.293. The van der Waals surface area contributed by atoms with Gasteiger partial charge >= 0.3 is 0 Å². The molecule has 0 saturated heterocycles. The van der Waals surface area contributed by atoms with Crippen molar-refractivity contribution >= 4 is 15.8 Å². The number of aliphatic hydroxyl groups excluding tert-OH is 1. The van der Waals surface area contributed by atoms with Crippen molar-refractivity contribution in [3.63, 3.8) is 0 Å². The third-order valence-electron chi connectivity index (χ3n) is 3.50. The highest BCUT2D eigenvalue weighted by atomic mass is 32.2. The van der Waals surface area contributed by atoms with Crippen LogP contribution >= 0.6 is 0 Å². The molecule has 1 fully saturated rings. The van der Waals surface area contributed by atoms with Gasteiger partial charge in [-0.1, -0.05) is 6.42 Å². The van der Waals surface area contributed by atoms with Crippen molar-refractivity contribution in [1.82, 2.24) is 9.29 Å². The van der Waals surface area contributed by atoms with Gasteiger partial charge in [0.1, 0.15) is 5.82 Å². The van der Waals surface area contributed by atoms with Crippen LogP contribution in [-0.2, 0) is 10.0 Å². The number of hydrogen-bond acceptors (Lipinski definition) is 6. The quantitative estimate of drug-likeness (QED) is 0.493. The van der Waals surface area contributed by atoms with Gasteiger partial charge in [0.15, 0.2) is 0 Å². The first-order valence-electron chi connectivity index (χ1n) is 6.65. The second-order valence-electron chi connectivity index (χ2n) is 4.80. The van der Waals surface area contributed by atoms with E-state index in [9.17, 15) is 8.42 Å². The fourth-order valence-electron chi connectivity index (χ4n) is 2.19. The van der Waals surface area contributed by atoms with Crippen molar-refractivity contribution in [2.45, 2.75) is 36.6 Å². The van der Waals surface area contributed by atoms with Crippen molar-refractivity contribution in [3.8, 4) is 0 Å². The van der Waals surface area contributed by atoms with E-state index in [0.717, 1.165) is 19.3 Å². The van der Waals surface area contributed by atoms with Crippen LogP contribution in [0.5, 0.6) is 0 Å². The summed E-state index contributed by atoms with van der Waals surface area (Å²) in [6.07, 6.45) is 4.63. The molecule has 0 radical (unpaired) electrons. The highest BCUT2D eigenvalue weighted by molar-refractivity contribution is 7.89. The van der Waals surface area contributed by atoms with Crippen molar-refractivity contribution in [3.05, 3.63) is 18.3 Å². The van der Waals surface area contributed by atoms with Crippen LogP contribution in [0, 0.1) is 0 Å². The van der Waals surface area contributed by atoms with E-state index in [1.54, 1.807) is 0 Å². The molecule has 1 heterocycles. The number of pyridine rings is 1. The van der Waals surface area contributed by atoms with Crippen LogP contribution in [0.25, 0.3) is 0 Å². The molecule has 0 bridgehead atoms. The van der Waals surface area contributed by atoms with E-state index in [1.807, 2.05) is 0 Å². The molecule has 0 amide bonds. The maximum Gasteiger partial charge on any atom is 0.243 e. The molecule has 4 N–H and O–H groups in total. The molecular formula is C12H20N4O3S. The van der Waals surface area contributed by atoms with Crippen LogP contribution in [0.15, 0.2) is 23.2 Å². The standard InChI is InChI=1S/C12H20N4O3S/c13-15-12-9-11(5-6-14-12)20(18,19)16(7-2-8-17)10-3-1-4-10/h5-6,9-10,17H,1-4,7-8,13H2,(H,14,15). The summed E-state index contributed by atoms with van der Waals surface area (Å²) in [6, 6.07) is 2.91. The average molecular weight is 300 g/mol. The maximum atomic E-state index is 12.7. The Morgan fingerprint density at radius 3 is 2.80 bits per heavy atom. The first kappa shape index (κ1) is 15.2. The number of rotatable bonds is 7. The molecule has 1 aromatic rings. The van der Waals surface area contributed by atoms with Gasteiger partial charge in [-0.3, -0.25) is 0 Å². The Bertz CT molecular complexity index is 545. The maximum absolute atomic E-state index is 12.7. The highest BCUT2D eigenvalue weighted by Gasteiger charge is 2.34. The lowest BCUT2D eigenvalue weighted by atomic mass is 9.93. The first-order valence-corrected chi connectivity index (χ1v) is 8.09. The molecule has 112 valence electrons. The molecule has 1 saturated carbocycles. The van der Waals surface area contributed by atoms with Gasteiger partial charge in [0.25, 0.3) is 0 Å². The SMILES string of the molecule is NNc1cc(S(=O)(=O)N(CCCO)C2CCC2)ccn1. The fourth-order valence-corrected chi connectivity index (χ4v) is 3.92. The Balaban J connectivity index is 2.28. The number of nitrogens with zero attached hydrogens (tertiary/aromatic N) is 2. The summed E-state index contributed by atoms with van der Waals surface area (Å²) in [5, 5.41) is 8.95. The largest absolute Gasteiger partial charge is 0.396 e. The van der Waals surface area contributed by atoms with Crippen LogP contribution in [-0.4, -0.2) is 42.0 Å². The van der Waals surface area contributed by atoms with E-state index in [-0.39, 0.29) is 17.5 Å². The Morgan fingerprint density at radius 1 is 1.50 bits per heavy atom. The molecular weight excluding hydrogens is 280 g/mol. The lowest BCUT2D eigenvalue weighted by molar-refractivity contribution is 0.198. The average Bonchev–Trinajstić information content (AvgIpc) is 2.41. The molecule has 0 unspecified atom stereocenters. The molecule has 8 heteroatoms. The van der Waals surface area contributed by atoms with Gasteiger partial charge < -0.3 is 10.5 Å². The van der Waals surface area contributed by atoms with E-state index < -0.39 is 10.0 Å². The molecule has 0 atom stereocenters. The first-order chi connectivity index (χ1) is 9.59. The minimum atomic E-state index is -3.58. The second kappa shape index (κ2) is 6.49. The van der Waals surface area contributed by atoms with E-state index in [0.29, 0.717) is 18.8 Å². The summed E-state index contributed by atoms with van der Waals surface area (Å²) in [4.78, 5) is 4.08. The summed E-state index contributed by atoms with van der Waals surface area (Å²) in [6.45, 7) is 0.307. The summed E-state index contributed by atoms with van der Waals surface area (Å²) in [5.74, 6) is 5.57. The monoisotopic (exact) mass is 300 g/mol. The lowest BCUT2D eigenvalue weighted by Gasteiger charge is -2.36. The van der Waals surface area contributed by atoms with Crippen LogP contribution in [0.2, 0.25) is 0 Å². The van der Waals surface area contributed by atoms with Gasteiger partial charge in [0.2, 0.25) is 10.0 Å². The zero-order chi connectivity index (χ0) is 14.6. The number of aromatic nitrogens is 1. The Labute approximate surface area is 118 Å². The minimum Gasteiger partial charge on any atom is -0.396 e. The number of anilines is 1. The Hall–Kier alpha value is -1.22. The van der Waals surface area contributed by atoms with Crippen LogP contribution < -0.4 is 11.3 Å². The van der Waals surface area contributed by atoms with Crippen molar-refractivity contribution in [1.29, 1.82) is 0 Å². The smallest absolute Gasteiger partial charge is 0.243 e. The summed E-state index contributed by atoms with van der Waals surface area (Å²) in [5.41, 5.74) is 2.34. The molecule has 7 nitrogen and oxygen atoms in total. The van der Waals surface area contributed by atoms with Gasteiger partial charge in [-0.25, -0.2) is 19.2 Å². The molecule has 1 aliphatic rings. The van der Waals surface area contributed by atoms with Gasteiger partial charge in [-0.15, -0.1) is 0 Å². The van der Waals surface area contributed by atoms with Crippen LogP contribution in [0.3, 0.4) is 0 Å². The number of hydrogen-bond donors (Lipinski definition) is 3. The minimum absolute atomic E-state index is 0.0231. The van der Waals surface area contributed by atoms with Crippen molar-refractivity contribution in [2.24, 2.45) is 5.84 Å². The van der Waals surface area contributed by atoms with Gasteiger partial charge in [0.05, 0.1) is 4.90 Å². The van der Waals surface area contributed by atoms with Gasteiger partial charge in [-0.2, -0.15) is 4.31 Å². The normalized spacial score (nSPS) is 16.1. The van der Waals surface area contributed by atoms with Gasteiger partial charge in [0, 0.05) is 31.5 Å². The number of aliphatic hydroxyl groups is 1. The van der Waals surface area contributed by atoms with Crippen LogP contribution in [0.4, 0.5) is 5.82 Å². The number of nitrogens with one attached hydrogen (secondary N) is 1. The molecule has 0 aromatic carbocycles. The topological polar surface area (TPSA) is 109 Å². The molecule has 2 rings (SSSR count). The molecule has 1 aromatic heterocycles. The summed E-state index contributed by atoms with van der Waals surface area (Å²) < 4.78 is 26.9. The van der Waals surface area contributed by atoms with Crippen LogP contribution in [0.1, 0.15) is 25.7 Å². The molecule has 0 aliphatic heterocycles. The summed E-state index contributed by atoms with van der Waals surface area (Å²) in [7, 11) is -3.58. The van der Waals surface area contributed by atoms with Crippen molar-refractivity contribution < 1.29 is 13.5 Å². The molecule has 20 heavy (non-hydrogen) atoms. The Morgan fingerprint density at radius 2 is 2.25 bits per heavy atom. The highest BCUT2D eigenvalue weighted by Crippen LogP contribution is 2.30. The van der Waals surface area contributed by atoms with E-state index >= 15 is 0 Å². The zero-order valence-electron chi connectivity index (χ0n) is 11.2. The van der Waals surface area contributed by atoms with Crippen molar-refractivity contribution in [2.75, 3.05) is 18.6 Å². The van der Waals surface area contributed by atoms with E-state index in [2.05, 4.69) is 10.4 Å². The summed E-state index contributed by atoms with van der Waals surface area (Å²) >= 11 is 0. The third kappa shape index (κ3) is 3.09. The van der Waals surface area contributed by atoms with Gasteiger partial charge in [-0.05, 0) is 25.3 Å². The lowest BCUT2D eigenvalue weighted by Crippen LogP contribution is -2.44. The number of nitrogens with two attached hydrogens (primary N) is 1. The molecule has 0 spiro atoms. The fraction of sp³-hybridized carbons (Fsp3) is 0.583. The predicted molar refractivity (Wildman–Crippen MR) is 75.3 cm³/mol. The van der Waals surface area contributed by atoms with E-state index in [4.69, 9.17) is 10.9 Å². The number of nitrogen functional groups attached to an aromatic ring is 1. The number of sulfonamides is 1. The second-order valence-corrected chi connectivity index (χ2v) is 6.69.